The highest BCUT2D eigenvalue weighted by Crippen LogP contribution is 2.25. The van der Waals surface area contributed by atoms with Crippen molar-refractivity contribution in [1.82, 2.24) is 0 Å². The van der Waals surface area contributed by atoms with Gasteiger partial charge < -0.3 is 21.1 Å². The quantitative estimate of drug-likeness (QED) is 0.575. The Morgan fingerprint density at radius 2 is 2.13 bits per heavy atom. The number of aliphatic hydroxyl groups excluding tert-OH is 1. The van der Waals surface area contributed by atoms with Crippen LogP contribution in [0.15, 0.2) is 18.2 Å². The maximum atomic E-state index is 10.4. The zero-order valence-electron chi connectivity index (χ0n) is 8.05. The number of hydrogen-bond donors (Lipinski definition) is 4. The molecule has 1 rings (SSSR count). The molecule has 0 saturated carbocycles. The Labute approximate surface area is 86.8 Å². The minimum atomic E-state index is -1.03. The van der Waals surface area contributed by atoms with Gasteiger partial charge in [0.05, 0.1) is 13.0 Å². The fraction of sp³-hybridized carbons (Fsp3) is 0.300. The van der Waals surface area contributed by atoms with E-state index in [9.17, 15) is 9.90 Å². The summed E-state index contributed by atoms with van der Waals surface area (Å²) in [4.78, 5) is 10.4. The number of aliphatic hydroxyl groups is 1. The Morgan fingerprint density at radius 3 is 2.67 bits per heavy atom. The zero-order valence-corrected chi connectivity index (χ0v) is 8.05. The first-order valence-corrected chi connectivity index (χ1v) is 4.44. The molecule has 0 spiro atoms. The highest BCUT2D eigenvalue weighted by molar-refractivity contribution is 5.68. The Kier molecular flexibility index (Phi) is 3.65. The monoisotopic (exact) mass is 211 g/mol. The van der Waals surface area contributed by atoms with Crippen molar-refractivity contribution >= 4 is 5.97 Å². The number of phenols is 1. The molecule has 1 unspecified atom stereocenters. The average Bonchev–Trinajstić information content (AvgIpc) is 2.17. The van der Waals surface area contributed by atoms with E-state index in [-0.39, 0.29) is 18.8 Å². The van der Waals surface area contributed by atoms with Crippen LogP contribution < -0.4 is 5.73 Å². The Balaban J connectivity index is 2.95. The fourth-order valence-corrected chi connectivity index (χ4v) is 1.30. The van der Waals surface area contributed by atoms with Crippen molar-refractivity contribution in [3.8, 4) is 5.75 Å². The molecule has 0 aliphatic heterocycles. The SMILES string of the molecule is NC(CC(=O)O)c1cc(CO)ccc1O. The van der Waals surface area contributed by atoms with E-state index in [0.29, 0.717) is 11.1 Å². The number of carbonyl (C=O) groups is 1. The van der Waals surface area contributed by atoms with Crippen molar-refractivity contribution in [2.45, 2.75) is 19.1 Å². The van der Waals surface area contributed by atoms with Crippen molar-refractivity contribution in [3.63, 3.8) is 0 Å². The van der Waals surface area contributed by atoms with Gasteiger partial charge in [-0.3, -0.25) is 4.79 Å². The van der Waals surface area contributed by atoms with Crippen molar-refractivity contribution < 1.29 is 20.1 Å². The van der Waals surface area contributed by atoms with Gasteiger partial charge in [0.2, 0.25) is 0 Å². The Hall–Kier alpha value is -1.59. The van der Waals surface area contributed by atoms with Crippen LogP contribution in [0.4, 0.5) is 0 Å². The second-order valence-electron chi connectivity index (χ2n) is 3.26. The molecule has 5 N–H and O–H groups in total. The van der Waals surface area contributed by atoms with E-state index >= 15 is 0 Å². The Morgan fingerprint density at radius 1 is 1.47 bits per heavy atom. The molecule has 15 heavy (non-hydrogen) atoms. The number of aromatic hydroxyl groups is 1. The molecule has 0 amide bonds. The molecule has 5 nitrogen and oxygen atoms in total. The highest BCUT2D eigenvalue weighted by atomic mass is 16.4. The van der Waals surface area contributed by atoms with Crippen molar-refractivity contribution in [3.05, 3.63) is 29.3 Å². The minimum Gasteiger partial charge on any atom is -0.508 e. The van der Waals surface area contributed by atoms with E-state index in [1.807, 2.05) is 0 Å². The molecule has 0 aliphatic carbocycles. The molecule has 0 radical (unpaired) electrons. The van der Waals surface area contributed by atoms with Gasteiger partial charge in [0.15, 0.2) is 0 Å². The first-order valence-electron chi connectivity index (χ1n) is 4.44. The van der Waals surface area contributed by atoms with Gasteiger partial charge in [0, 0.05) is 11.6 Å². The van der Waals surface area contributed by atoms with Crippen LogP contribution in [0, 0.1) is 0 Å². The molecule has 0 heterocycles. The summed E-state index contributed by atoms with van der Waals surface area (Å²) in [6, 6.07) is 3.67. The van der Waals surface area contributed by atoms with Crippen LogP contribution in [-0.4, -0.2) is 21.3 Å². The number of nitrogens with two attached hydrogens (primary N) is 1. The van der Waals surface area contributed by atoms with Crippen LogP contribution in [0.1, 0.15) is 23.6 Å². The minimum absolute atomic E-state index is 0.0547. The van der Waals surface area contributed by atoms with Crippen LogP contribution in [-0.2, 0) is 11.4 Å². The molecule has 0 aromatic heterocycles. The van der Waals surface area contributed by atoms with Gasteiger partial charge in [-0.05, 0) is 17.7 Å². The third-order valence-electron chi connectivity index (χ3n) is 2.07. The predicted molar refractivity (Wildman–Crippen MR) is 53.2 cm³/mol. The van der Waals surface area contributed by atoms with Gasteiger partial charge in [-0.15, -0.1) is 0 Å². The molecule has 0 saturated heterocycles. The van der Waals surface area contributed by atoms with E-state index in [4.69, 9.17) is 15.9 Å². The molecule has 1 atom stereocenters. The number of rotatable bonds is 4. The summed E-state index contributed by atoms with van der Waals surface area (Å²) in [5, 5.41) is 26.9. The van der Waals surface area contributed by atoms with E-state index in [1.54, 1.807) is 6.07 Å². The first kappa shape index (κ1) is 11.5. The smallest absolute Gasteiger partial charge is 0.305 e. The first-order chi connectivity index (χ1) is 7.04. The fourth-order valence-electron chi connectivity index (χ4n) is 1.30. The third kappa shape index (κ3) is 2.93. The molecule has 1 aromatic carbocycles. The summed E-state index contributed by atoms with van der Waals surface area (Å²) in [6.07, 6.45) is -0.261. The lowest BCUT2D eigenvalue weighted by molar-refractivity contribution is -0.137. The van der Waals surface area contributed by atoms with Gasteiger partial charge in [-0.1, -0.05) is 6.07 Å². The van der Waals surface area contributed by atoms with E-state index < -0.39 is 12.0 Å². The summed E-state index contributed by atoms with van der Waals surface area (Å²) in [6.45, 7) is -0.174. The Bertz CT molecular complexity index is 364. The molecular formula is C10H13NO4. The average molecular weight is 211 g/mol. The standard InChI is InChI=1S/C10H13NO4/c11-8(4-10(14)15)7-3-6(5-12)1-2-9(7)13/h1-3,8,12-13H,4-5,11H2,(H,14,15). The van der Waals surface area contributed by atoms with E-state index in [0.717, 1.165) is 0 Å². The lowest BCUT2D eigenvalue weighted by atomic mass is 10.0. The number of aliphatic carboxylic acids is 1. The molecule has 0 fully saturated rings. The lowest BCUT2D eigenvalue weighted by Crippen LogP contribution is -2.15. The second kappa shape index (κ2) is 4.77. The van der Waals surface area contributed by atoms with Gasteiger partial charge in [-0.2, -0.15) is 0 Å². The van der Waals surface area contributed by atoms with Gasteiger partial charge >= 0.3 is 5.97 Å². The van der Waals surface area contributed by atoms with E-state index in [1.165, 1.54) is 12.1 Å². The lowest BCUT2D eigenvalue weighted by Gasteiger charge is -2.12. The van der Waals surface area contributed by atoms with Gasteiger partial charge in [-0.25, -0.2) is 0 Å². The van der Waals surface area contributed by atoms with Crippen LogP contribution >= 0.6 is 0 Å². The third-order valence-corrected chi connectivity index (χ3v) is 2.07. The highest BCUT2D eigenvalue weighted by Gasteiger charge is 2.14. The summed E-state index contributed by atoms with van der Waals surface area (Å²) in [5.74, 6) is -1.09. The number of phenolic OH excluding ortho intramolecular Hbond substituents is 1. The van der Waals surface area contributed by atoms with Crippen molar-refractivity contribution in [2.24, 2.45) is 5.73 Å². The number of carboxylic acids is 1. The molecule has 0 aliphatic rings. The second-order valence-corrected chi connectivity index (χ2v) is 3.26. The van der Waals surface area contributed by atoms with Crippen LogP contribution in [0.2, 0.25) is 0 Å². The largest absolute Gasteiger partial charge is 0.508 e. The summed E-state index contributed by atoms with van der Waals surface area (Å²) in [5.41, 5.74) is 6.52. The van der Waals surface area contributed by atoms with Gasteiger partial charge in [0.1, 0.15) is 5.75 Å². The molecule has 82 valence electrons. The van der Waals surface area contributed by atoms with Crippen LogP contribution in [0.5, 0.6) is 5.75 Å². The summed E-state index contributed by atoms with van der Waals surface area (Å²) < 4.78 is 0. The summed E-state index contributed by atoms with van der Waals surface area (Å²) in [7, 11) is 0. The van der Waals surface area contributed by atoms with Crippen molar-refractivity contribution in [2.75, 3.05) is 0 Å². The van der Waals surface area contributed by atoms with Crippen LogP contribution in [0.3, 0.4) is 0 Å². The molecular weight excluding hydrogens is 198 g/mol. The van der Waals surface area contributed by atoms with E-state index in [2.05, 4.69) is 0 Å². The number of hydrogen-bond acceptors (Lipinski definition) is 4. The van der Waals surface area contributed by atoms with Crippen LogP contribution in [0.25, 0.3) is 0 Å². The molecule has 1 aromatic rings. The number of carboxylic acid groups (broad SMARTS) is 1. The topological polar surface area (TPSA) is 104 Å². The predicted octanol–water partition coefficient (Wildman–Crippen LogP) is 0.359. The maximum absolute atomic E-state index is 10.4. The molecule has 0 bridgehead atoms. The zero-order chi connectivity index (χ0) is 11.4. The molecule has 5 heteroatoms. The van der Waals surface area contributed by atoms with Gasteiger partial charge in [0.25, 0.3) is 0 Å². The summed E-state index contributed by atoms with van der Waals surface area (Å²) >= 11 is 0. The number of benzene rings is 1. The normalized spacial score (nSPS) is 12.4. The maximum Gasteiger partial charge on any atom is 0.305 e. The van der Waals surface area contributed by atoms with Crippen molar-refractivity contribution in [1.29, 1.82) is 0 Å².